The van der Waals surface area contributed by atoms with E-state index in [1.54, 1.807) is 23.0 Å². The van der Waals surface area contributed by atoms with E-state index in [4.69, 9.17) is 16.3 Å². The van der Waals surface area contributed by atoms with Crippen LogP contribution >= 0.6 is 11.6 Å². The molecule has 2 aromatic carbocycles. The minimum atomic E-state index is -0.934. The van der Waals surface area contributed by atoms with Crippen LogP contribution in [0.15, 0.2) is 48.7 Å². The second-order valence-electron chi connectivity index (χ2n) is 7.27. The highest BCUT2D eigenvalue weighted by Crippen LogP contribution is 2.31. The van der Waals surface area contributed by atoms with Crippen molar-refractivity contribution in [2.45, 2.75) is 25.8 Å². The molecule has 0 atom stereocenters. The first-order valence-corrected chi connectivity index (χ1v) is 10.1. The number of anilines is 1. The van der Waals surface area contributed by atoms with E-state index in [-0.39, 0.29) is 5.82 Å². The molecule has 0 unspecified atom stereocenters. The van der Waals surface area contributed by atoms with Gasteiger partial charge in [0.25, 0.3) is 5.91 Å². The predicted octanol–water partition coefficient (Wildman–Crippen LogP) is 5.29. The van der Waals surface area contributed by atoms with Crippen molar-refractivity contribution < 1.29 is 18.3 Å². The minimum Gasteiger partial charge on any atom is -0.493 e. The van der Waals surface area contributed by atoms with Crippen LogP contribution in [-0.4, -0.2) is 22.3 Å². The summed E-state index contributed by atoms with van der Waals surface area (Å²) in [4.78, 5) is 12.2. The number of ether oxygens (including phenoxy) is 1. The lowest BCUT2D eigenvalue weighted by molar-refractivity contribution is 0.101. The molecule has 156 valence electrons. The Kier molecular flexibility index (Phi) is 5.99. The van der Waals surface area contributed by atoms with Crippen molar-refractivity contribution in [3.63, 3.8) is 0 Å². The van der Waals surface area contributed by atoms with Crippen molar-refractivity contribution in [1.29, 1.82) is 0 Å². The Morgan fingerprint density at radius 3 is 2.60 bits per heavy atom. The van der Waals surface area contributed by atoms with Gasteiger partial charge in [0.05, 0.1) is 13.2 Å². The number of hydrogen-bond donors (Lipinski definition) is 1. The van der Waals surface area contributed by atoms with Crippen LogP contribution in [0, 0.1) is 17.6 Å². The molecule has 30 heavy (non-hydrogen) atoms. The Bertz CT molecular complexity index is 1050. The Hall–Kier alpha value is -2.93. The van der Waals surface area contributed by atoms with E-state index in [9.17, 15) is 13.6 Å². The molecule has 5 nitrogen and oxygen atoms in total. The zero-order valence-corrected chi connectivity index (χ0v) is 16.8. The van der Waals surface area contributed by atoms with Gasteiger partial charge in [-0.3, -0.25) is 9.48 Å². The number of nitrogens with zero attached hydrogens (tertiary/aromatic N) is 2. The number of carbonyl (C=O) groups is 1. The van der Waals surface area contributed by atoms with Crippen LogP contribution in [0.2, 0.25) is 5.02 Å². The summed E-state index contributed by atoms with van der Waals surface area (Å²) in [5.41, 5.74) is 0.129. The standard InChI is InChI=1S/C22H20ClF2N3O2/c23-16-6-2-9-19(30-13-14-4-1-5-14)15(16)12-28-11-10-20(27-28)26-22(29)21-17(24)7-3-8-18(21)25/h2-3,6-11,14H,1,4-5,12-13H2,(H,26,27,29). The molecule has 1 aliphatic rings. The predicted molar refractivity (Wildman–Crippen MR) is 110 cm³/mol. The first-order valence-electron chi connectivity index (χ1n) is 9.70. The monoisotopic (exact) mass is 431 g/mol. The maximum Gasteiger partial charge on any atom is 0.262 e. The summed E-state index contributed by atoms with van der Waals surface area (Å²) in [6.45, 7) is 0.978. The molecule has 0 saturated heterocycles. The van der Waals surface area contributed by atoms with Gasteiger partial charge in [-0.1, -0.05) is 30.2 Å². The smallest absolute Gasteiger partial charge is 0.262 e. The van der Waals surface area contributed by atoms with Crippen molar-refractivity contribution in [1.82, 2.24) is 9.78 Å². The normalized spacial score (nSPS) is 13.7. The molecule has 1 amide bonds. The molecule has 0 aliphatic heterocycles. The SMILES string of the molecule is O=C(Nc1ccn(Cc2c(Cl)cccc2OCC2CCC2)n1)c1c(F)cccc1F. The lowest BCUT2D eigenvalue weighted by atomic mass is 9.86. The summed E-state index contributed by atoms with van der Waals surface area (Å²) in [7, 11) is 0. The first kappa shape index (κ1) is 20.3. The van der Waals surface area contributed by atoms with Crippen LogP contribution in [0.3, 0.4) is 0 Å². The summed E-state index contributed by atoms with van der Waals surface area (Å²) in [6, 6.07) is 10.3. The van der Waals surface area contributed by atoms with Gasteiger partial charge in [0.1, 0.15) is 22.9 Å². The Balaban J connectivity index is 1.46. The van der Waals surface area contributed by atoms with Crippen LogP contribution in [0.4, 0.5) is 14.6 Å². The van der Waals surface area contributed by atoms with Crippen molar-refractivity contribution in [3.05, 3.63) is 76.4 Å². The van der Waals surface area contributed by atoms with E-state index in [0.29, 0.717) is 29.8 Å². The minimum absolute atomic E-state index is 0.173. The average Bonchev–Trinajstić information content (AvgIpc) is 3.10. The van der Waals surface area contributed by atoms with Crippen LogP contribution in [0.1, 0.15) is 35.2 Å². The molecule has 1 aromatic heterocycles. The quantitative estimate of drug-likeness (QED) is 0.552. The number of amides is 1. The fraction of sp³-hybridized carbons (Fsp3) is 0.273. The molecule has 1 fully saturated rings. The van der Waals surface area contributed by atoms with Gasteiger partial charge in [-0.25, -0.2) is 8.78 Å². The van der Waals surface area contributed by atoms with E-state index < -0.39 is 23.1 Å². The van der Waals surface area contributed by atoms with Crippen LogP contribution in [-0.2, 0) is 6.54 Å². The van der Waals surface area contributed by atoms with Gasteiger partial charge in [0.15, 0.2) is 5.82 Å². The fourth-order valence-electron chi connectivity index (χ4n) is 3.27. The van der Waals surface area contributed by atoms with Crippen LogP contribution in [0.5, 0.6) is 5.75 Å². The molecular weight excluding hydrogens is 412 g/mol. The van der Waals surface area contributed by atoms with Gasteiger partial charge >= 0.3 is 0 Å². The largest absolute Gasteiger partial charge is 0.493 e. The summed E-state index contributed by atoms with van der Waals surface area (Å²) < 4.78 is 35.1. The van der Waals surface area contributed by atoms with Gasteiger partial charge in [-0.2, -0.15) is 5.10 Å². The van der Waals surface area contributed by atoms with E-state index in [0.717, 1.165) is 17.7 Å². The maximum absolute atomic E-state index is 13.8. The zero-order chi connectivity index (χ0) is 21.1. The lowest BCUT2D eigenvalue weighted by Gasteiger charge is -2.25. The second kappa shape index (κ2) is 8.83. The number of nitrogens with one attached hydrogen (secondary N) is 1. The van der Waals surface area contributed by atoms with Crippen molar-refractivity contribution in [2.75, 3.05) is 11.9 Å². The number of aromatic nitrogens is 2. The third-order valence-electron chi connectivity index (χ3n) is 5.17. The third kappa shape index (κ3) is 4.46. The number of hydrogen-bond acceptors (Lipinski definition) is 3. The van der Waals surface area contributed by atoms with Crippen LogP contribution < -0.4 is 10.1 Å². The summed E-state index contributed by atoms with van der Waals surface area (Å²) in [5.74, 6) is -1.32. The summed E-state index contributed by atoms with van der Waals surface area (Å²) in [5, 5.41) is 7.23. The van der Waals surface area contributed by atoms with Gasteiger partial charge < -0.3 is 10.1 Å². The number of carbonyl (C=O) groups excluding carboxylic acids is 1. The third-order valence-corrected chi connectivity index (χ3v) is 5.52. The highest BCUT2D eigenvalue weighted by Gasteiger charge is 2.20. The highest BCUT2D eigenvalue weighted by molar-refractivity contribution is 6.31. The second-order valence-corrected chi connectivity index (χ2v) is 7.68. The number of halogens is 3. The van der Waals surface area contributed by atoms with E-state index >= 15 is 0 Å². The molecule has 3 aromatic rings. The molecule has 1 saturated carbocycles. The molecule has 8 heteroatoms. The topological polar surface area (TPSA) is 56.2 Å². The molecule has 0 radical (unpaired) electrons. The lowest BCUT2D eigenvalue weighted by Crippen LogP contribution is -2.20. The number of benzene rings is 2. The van der Waals surface area contributed by atoms with E-state index in [2.05, 4.69) is 10.4 Å². The van der Waals surface area contributed by atoms with Gasteiger partial charge in [-0.05, 0) is 43.0 Å². The molecule has 1 N–H and O–H groups in total. The fourth-order valence-corrected chi connectivity index (χ4v) is 3.49. The zero-order valence-electron chi connectivity index (χ0n) is 16.1. The molecule has 0 spiro atoms. The van der Waals surface area contributed by atoms with Gasteiger partial charge in [0, 0.05) is 22.8 Å². The van der Waals surface area contributed by atoms with Crippen molar-refractivity contribution >= 4 is 23.3 Å². The van der Waals surface area contributed by atoms with Crippen molar-refractivity contribution in [2.24, 2.45) is 5.92 Å². The Morgan fingerprint density at radius 1 is 1.17 bits per heavy atom. The summed E-state index contributed by atoms with van der Waals surface area (Å²) >= 11 is 6.37. The van der Waals surface area contributed by atoms with E-state index in [1.165, 1.54) is 25.3 Å². The van der Waals surface area contributed by atoms with Crippen molar-refractivity contribution in [3.8, 4) is 5.75 Å². The van der Waals surface area contributed by atoms with Gasteiger partial charge in [-0.15, -0.1) is 0 Å². The maximum atomic E-state index is 13.8. The highest BCUT2D eigenvalue weighted by atomic mass is 35.5. The molecule has 1 heterocycles. The summed E-state index contributed by atoms with van der Waals surface area (Å²) in [6.07, 6.45) is 5.25. The molecular formula is C22H20ClF2N3O2. The average molecular weight is 432 g/mol. The molecule has 0 bridgehead atoms. The molecule has 1 aliphatic carbocycles. The van der Waals surface area contributed by atoms with Crippen LogP contribution in [0.25, 0.3) is 0 Å². The first-order chi connectivity index (χ1) is 14.5. The number of rotatable bonds is 7. The Labute approximate surface area is 177 Å². The Morgan fingerprint density at radius 2 is 1.90 bits per heavy atom. The van der Waals surface area contributed by atoms with Gasteiger partial charge in [0.2, 0.25) is 0 Å². The molecule has 4 rings (SSSR count). The van der Waals surface area contributed by atoms with E-state index in [1.807, 2.05) is 12.1 Å².